The van der Waals surface area contributed by atoms with E-state index in [1.165, 1.54) is 7.11 Å². The number of anilines is 2. The van der Waals surface area contributed by atoms with E-state index in [9.17, 15) is 14.4 Å². The molecule has 0 aliphatic carbocycles. The molecular weight excluding hydrogens is 496 g/mol. The van der Waals surface area contributed by atoms with Gasteiger partial charge in [0.2, 0.25) is 0 Å². The lowest BCUT2D eigenvalue weighted by Gasteiger charge is -2.16. The minimum absolute atomic E-state index is 0.0892. The molecule has 6 nitrogen and oxygen atoms in total. The van der Waals surface area contributed by atoms with Crippen molar-refractivity contribution in [1.82, 2.24) is 0 Å². The van der Waals surface area contributed by atoms with Gasteiger partial charge in [0.05, 0.1) is 24.0 Å². The average molecular weight is 521 g/mol. The molecule has 1 N–H and O–H groups in total. The smallest absolute Gasteiger partial charge is 0.339 e. The lowest BCUT2D eigenvalue weighted by molar-refractivity contribution is -0.120. The van der Waals surface area contributed by atoms with Gasteiger partial charge >= 0.3 is 5.97 Å². The molecule has 0 saturated heterocycles. The number of halogens is 1. The highest BCUT2D eigenvalue weighted by Crippen LogP contribution is 2.38. The summed E-state index contributed by atoms with van der Waals surface area (Å²) >= 11 is 7.18. The topological polar surface area (TPSA) is 75.7 Å². The Kier molecular flexibility index (Phi) is 8.13. The number of thioether (sulfide) groups is 1. The molecule has 0 spiro atoms. The number of para-hydroxylation sites is 1. The normalized spacial score (nSPS) is 13.4. The molecule has 0 unspecified atom stereocenters. The Labute approximate surface area is 219 Å². The predicted molar refractivity (Wildman–Crippen MR) is 143 cm³/mol. The fourth-order valence-electron chi connectivity index (χ4n) is 3.78. The number of ether oxygens (including phenoxy) is 1. The van der Waals surface area contributed by atoms with Crippen LogP contribution in [0.3, 0.4) is 0 Å². The number of unbranched alkanes of at least 4 members (excludes halogenated alkanes) is 1. The van der Waals surface area contributed by atoms with Gasteiger partial charge in [-0.1, -0.05) is 61.0 Å². The van der Waals surface area contributed by atoms with E-state index >= 15 is 0 Å². The van der Waals surface area contributed by atoms with Gasteiger partial charge in [-0.05, 0) is 66.9 Å². The largest absolute Gasteiger partial charge is 0.465 e. The fourth-order valence-corrected chi connectivity index (χ4v) is 4.83. The van der Waals surface area contributed by atoms with Crippen LogP contribution in [0.5, 0.6) is 0 Å². The van der Waals surface area contributed by atoms with Crippen LogP contribution in [-0.4, -0.2) is 24.9 Å². The van der Waals surface area contributed by atoms with Gasteiger partial charge in [0, 0.05) is 9.92 Å². The van der Waals surface area contributed by atoms with Gasteiger partial charge < -0.3 is 10.1 Å². The summed E-state index contributed by atoms with van der Waals surface area (Å²) < 4.78 is 4.88. The first-order chi connectivity index (χ1) is 17.4. The molecule has 2 amide bonds. The number of methoxy groups -OCH3 is 1. The highest BCUT2D eigenvalue weighted by atomic mass is 35.5. The number of rotatable bonds is 9. The van der Waals surface area contributed by atoms with E-state index in [2.05, 4.69) is 12.2 Å². The van der Waals surface area contributed by atoms with Crippen molar-refractivity contribution in [2.24, 2.45) is 0 Å². The lowest BCUT2D eigenvalue weighted by atomic mass is 10.1. The molecule has 3 aromatic carbocycles. The number of hydrogen-bond acceptors (Lipinski definition) is 6. The number of amides is 2. The SMILES string of the molecule is CCCCc1ccc(N2C(=O)C(Nc3ccccc3C(=O)OC)=C(Sc3ccc(Cl)cc3)C2=O)cc1. The van der Waals surface area contributed by atoms with Crippen LogP contribution < -0.4 is 10.2 Å². The summed E-state index contributed by atoms with van der Waals surface area (Å²) in [4.78, 5) is 41.6. The molecule has 0 atom stereocenters. The third-order valence-electron chi connectivity index (χ3n) is 5.68. The number of hydrogen-bond donors (Lipinski definition) is 1. The Balaban J connectivity index is 1.72. The number of carbonyl (C=O) groups excluding carboxylic acids is 3. The second kappa shape index (κ2) is 11.5. The van der Waals surface area contributed by atoms with Gasteiger partial charge in [0.15, 0.2) is 0 Å². The van der Waals surface area contributed by atoms with Crippen molar-refractivity contribution in [2.45, 2.75) is 31.1 Å². The first-order valence-corrected chi connectivity index (χ1v) is 12.7. The van der Waals surface area contributed by atoms with Crippen LogP contribution in [0.2, 0.25) is 5.02 Å². The fraction of sp³-hybridized carbons (Fsp3) is 0.179. The summed E-state index contributed by atoms with van der Waals surface area (Å²) in [5.41, 5.74) is 2.34. The van der Waals surface area contributed by atoms with Gasteiger partial charge in [-0.15, -0.1) is 0 Å². The van der Waals surface area contributed by atoms with Gasteiger partial charge in [-0.3, -0.25) is 9.59 Å². The van der Waals surface area contributed by atoms with Crippen LogP contribution in [0, 0.1) is 0 Å². The van der Waals surface area contributed by atoms with Crippen molar-refractivity contribution in [1.29, 1.82) is 0 Å². The first-order valence-electron chi connectivity index (χ1n) is 11.5. The Morgan fingerprint density at radius 1 is 0.972 bits per heavy atom. The number of esters is 1. The zero-order valence-electron chi connectivity index (χ0n) is 19.9. The zero-order valence-corrected chi connectivity index (χ0v) is 21.5. The number of carbonyl (C=O) groups is 3. The van der Waals surface area contributed by atoms with Crippen molar-refractivity contribution in [3.8, 4) is 0 Å². The second-order valence-electron chi connectivity index (χ2n) is 8.14. The summed E-state index contributed by atoms with van der Waals surface area (Å²) in [6.45, 7) is 2.13. The van der Waals surface area contributed by atoms with Gasteiger partial charge in [0.25, 0.3) is 11.8 Å². The highest BCUT2D eigenvalue weighted by molar-refractivity contribution is 8.04. The minimum Gasteiger partial charge on any atom is -0.465 e. The quantitative estimate of drug-likeness (QED) is 0.258. The molecule has 1 aliphatic rings. The van der Waals surface area contributed by atoms with Crippen LogP contribution in [0.4, 0.5) is 11.4 Å². The monoisotopic (exact) mass is 520 g/mol. The molecule has 0 fully saturated rings. The molecule has 3 aromatic rings. The Bertz CT molecular complexity index is 1320. The summed E-state index contributed by atoms with van der Waals surface area (Å²) in [6, 6.07) is 21.1. The van der Waals surface area contributed by atoms with E-state index in [4.69, 9.17) is 16.3 Å². The van der Waals surface area contributed by atoms with Crippen LogP contribution in [0.15, 0.2) is 88.3 Å². The van der Waals surface area contributed by atoms with Gasteiger partial charge in [0.1, 0.15) is 10.6 Å². The van der Waals surface area contributed by atoms with E-state index in [-0.39, 0.29) is 16.2 Å². The van der Waals surface area contributed by atoms with Crippen LogP contribution >= 0.6 is 23.4 Å². The van der Waals surface area contributed by atoms with Crippen molar-refractivity contribution in [3.63, 3.8) is 0 Å². The van der Waals surface area contributed by atoms with Crippen molar-refractivity contribution < 1.29 is 19.1 Å². The average Bonchev–Trinajstić information content (AvgIpc) is 3.12. The third-order valence-corrected chi connectivity index (χ3v) is 7.02. The zero-order chi connectivity index (χ0) is 25.7. The van der Waals surface area contributed by atoms with Crippen molar-refractivity contribution >= 4 is 52.5 Å². The van der Waals surface area contributed by atoms with Crippen LogP contribution in [0.25, 0.3) is 0 Å². The maximum absolute atomic E-state index is 13.6. The molecule has 1 heterocycles. The molecule has 0 saturated carbocycles. The van der Waals surface area contributed by atoms with Gasteiger partial charge in [-0.25, -0.2) is 9.69 Å². The number of nitrogens with one attached hydrogen (secondary N) is 1. The Morgan fingerprint density at radius 2 is 1.67 bits per heavy atom. The van der Waals surface area contributed by atoms with E-state index in [1.54, 1.807) is 60.7 Å². The summed E-state index contributed by atoms with van der Waals surface area (Å²) in [5, 5.41) is 3.61. The Hall–Kier alpha value is -3.55. The van der Waals surface area contributed by atoms with Crippen LogP contribution in [0.1, 0.15) is 35.7 Å². The standard InChI is InChI=1S/C28H25ClN2O4S/c1-3-4-7-18-10-14-20(15-11-18)31-26(32)24(30-23-9-6-5-8-22(23)28(34)35-2)25(27(31)33)36-21-16-12-19(29)13-17-21/h5-6,8-17,30H,3-4,7H2,1-2H3. The molecule has 184 valence electrons. The third kappa shape index (κ3) is 5.48. The van der Waals surface area contributed by atoms with Crippen LogP contribution in [-0.2, 0) is 20.7 Å². The minimum atomic E-state index is -0.554. The number of imide groups is 1. The molecule has 8 heteroatoms. The van der Waals surface area contributed by atoms with Crippen molar-refractivity contribution in [3.05, 3.63) is 99.5 Å². The predicted octanol–water partition coefficient (Wildman–Crippen LogP) is 6.46. The Morgan fingerprint density at radius 3 is 2.33 bits per heavy atom. The summed E-state index contributed by atoms with van der Waals surface area (Å²) in [6.07, 6.45) is 3.09. The molecule has 0 radical (unpaired) electrons. The maximum Gasteiger partial charge on any atom is 0.339 e. The number of nitrogens with zero attached hydrogens (tertiary/aromatic N) is 1. The molecule has 0 bridgehead atoms. The summed E-state index contributed by atoms with van der Waals surface area (Å²) in [5.74, 6) is -1.50. The molecule has 1 aliphatic heterocycles. The summed E-state index contributed by atoms with van der Waals surface area (Å²) in [7, 11) is 1.29. The maximum atomic E-state index is 13.6. The van der Waals surface area contributed by atoms with Crippen molar-refractivity contribution in [2.75, 3.05) is 17.3 Å². The van der Waals surface area contributed by atoms with E-state index in [1.807, 2.05) is 12.1 Å². The molecule has 4 rings (SSSR count). The number of benzene rings is 3. The van der Waals surface area contributed by atoms with E-state index in [0.29, 0.717) is 16.4 Å². The highest BCUT2D eigenvalue weighted by Gasteiger charge is 2.40. The van der Waals surface area contributed by atoms with E-state index < -0.39 is 17.8 Å². The van der Waals surface area contributed by atoms with Gasteiger partial charge in [-0.2, -0.15) is 0 Å². The molecular formula is C28H25ClN2O4S. The molecule has 36 heavy (non-hydrogen) atoms. The number of aryl methyl sites for hydroxylation is 1. The first kappa shape index (κ1) is 25.5. The molecule has 0 aromatic heterocycles. The lowest BCUT2D eigenvalue weighted by Crippen LogP contribution is -2.32. The second-order valence-corrected chi connectivity index (χ2v) is 9.66. The van der Waals surface area contributed by atoms with E-state index in [0.717, 1.165) is 46.4 Å².